The fraction of sp³-hybridized carbons (Fsp3) is 0.267. The molecule has 0 aliphatic heterocycles. The summed E-state index contributed by atoms with van der Waals surface area (Å²) in [6, 6.07) is 13.1. The third kappa shape index (κ3) is 3.69. The largest absolute Gasteiger partial charge is 0.314 e. The zero-order chi connectivity index (χ0) is 13.7. The normalized spacial score (nSPS) is 12.3. The first-order valence-corrected chi connectivity index (χ1v) is 6.69. The van der Waals surface area contributed by atoms with Crippen molar-refractivity contribution in [2.24, 2.45) is 0 Å². The predicted molar refractivity (Wildman–Crippen MR) is 78.6 cm³/mol. The Labute approximate surface area is 117 Å². The number of rotatable bonds is 5. The Morgan fingerprint density at radius 3 is 2.68 bits per heavy atom. The highest BCUT2D eigenvalue weighted by Gasteiger charge is 2.07. The van der Waals surface area contributed by atoms with Gasteiger partial charge in [0.25, 0.3) is 5.56 Å². The molecule has 0 fully saturated rings. The first kappa shape index (κ1) is 13.8. The Morgan fingerprint density at radius 2 is 1.95 bits per heavy atom. The van der Waals surface area contributed by atoms with Crippen LogP contribution < -0.4 is 10.9 Å². The van der Waals surface area contributed by atoms with Crippen molar-refractivity contribution in [3.05, 3.63) is 69.6 Å². The van der Waals surface area contributed by atoms with E-state index in [-0.39, 0.29) is 11.6 Å². The summed E-state index contributed by atoms with van der Waals surface area (Å²) < 4.78 is 1.69. The minimum absolute atomic E-state index is 0.0229. The standard InChI is InChI=1S/C15H17ClN2O/c1-12(13-6-2-3-7-14(13)16)17-9-11-18-10-5-4-8-15(18)19/h2-8,10,12,17H,9,11H2,1H3. The van der Waals surface area contributed by atoms with E-state index in [4.69, 9.17) is 11.6 Å². The van der Waals surface area contributed by atoms with Crippen LogP contribution in [0.2, 0.25) is 5.02 Å². The van der Waals surface area contributed by atoms with Crippen LogP contribution >= 0.6 is 11.6 Å². The summed E-state index contributed by atoms with van der Waals surface area (Å²) in [4.78, 5) is 11.5. The minimum atomic E-state index is 0.0229. The summed E-state index contributed by atoms with van der Waals surface area (Å²) in [6.45, 7) is 3.43. The average Bonchev–Trinajstić information content (AvgIpc) is 2.41. The van der Waals surface area contributed by atoms with Crippen LogP contribution in [0, 0.1) is 0 Å². The number of pyridine rings is 1. The summed E-state index contributed by atoms with van der Waals surface area (Å²) in [6.07, 6.45) is 1.80. The molecule has 100 valence electrons. The molecule has 0 radical (unpaired) electrons. The molecular weight excluding hydrogens is 260 g/mol. The zero-order valence-corrected chi connectivity index (χ0v) is 11.6. The monoisotopic (exact) mass is 276 g/mol. The number of halogens is 1. The molecule has 0 spiro atoms. The van der Waals surface area contributed by atoms with Crippen LogP contribution in [0.25, 0.3) is 0 Å². The van der Waals surface area contributed by atoms with Gasteiger partial charge < -0.3 is 9.88 Å². The Morgan fingerprint density at radius 1 is 1.21 bits per heavy atom. The van der Waals surface area contributed by atoms with Crippen molar-refractivity contribution in [2.45, 2.75) is 19.5 Å². The van der Waals surface area contributed by atoms with Gasteiger partial charge in [-0.15, -0.1) is 0 Å². The van der Waals surface area contributed by atoms with E-state index in [0.29, 0.717) is 6.54 Å². The van der Waals surface area contributed by atoms with Crippen molar-refractivity contribution in [3.63, 3.8) is 0 Å². The van der Waals surface area contributed by atoms with Crippen molar-refractivity contribution in [3.8, 4) is 0 Å². The van der Waals surface area contributed by atoms with Gasteiger partial charge in [-0.3, -0.25) is 4.79 Å². The molecule has 19 heavy (non-hydrogen) atoms. The maximum atomic E-state index is 11.5. The van der Waals surface area contributed by atoms with Crippen molar-refractivity contribution < 1.29 is 0 Å². The lowest BCUT2D eigenvalue weighted by Gasteiger charge is -2.16. The maximum Gasteiger partial charge on any atom is 0.250 e. The fourth-order valence-electron chi connectivity index (χ4n) is 1.98. The van der Waals surface area contributed by atoms with E-state index in [1.807, 2.05) is 30.3 Å². The number of nitrogens with zero attached hydrogens (tertiary/aromatic N) is 1. The summed E-state index contributed by atoms with van der Waals surface area (Å²) in [5, 5.41) is 4.13. The molecule has 1 heterocycles. The second-order valence-electron chi connectivity index (χ2n) is 4.43. The molecule has 2 aromatic rings. The van der Waals surface area contributed by atoms with Gasteiger partial charge >= 0.3 is 0 Å². The van der Waals surface area contributed by atoms with Gasteiger partial charge in [-0.05, 0) is 24.6 Å². The molecular formula is C15H17ClN2O. The number of hydrogen-bond acceptors (Lipinski definition) is 2. The van der Waals surface area contributed by atoms with Gasteiger partial charge in [0, 0.05) is 36.4 Å². The number of aromatic nitrogens is 1. The van der Waals surface area contributed by atoms with Crippen LogP contribution in [0.15, 0.2) is 53.5 Å². The summed E-state index contributed by atoms with van der Waals surface area (Å²) in [5.41, 5.74) is 1.10. The van der Waals surface area contributed by atoms with Crippen LogP contribution in [0.1, 0.15) is 18.5 Å². The molecule has 1 aromatic carbocycles. The van der Waals surface area contributed by atoms with Gasteiger partial charge in [0.05, 0.1) is 0 Å². The highest BCUT2D eigenvalue weighted by atomic mass is 35.5. The summed E-state index contributed by atoms with van der Waals surface area (Å²) in [5.74, 6) is 0. The fourth-order valence-corrected chi connectivity index (χ4v) is 2.28. The zero-order valence-electron chi connectivity index (χ0n) is 10.8. The van der Waals surface area contributed by atoms with Crippen LogP contribution in [0.4, 0.5) is 0 Å². The lowest BCUT2D eigenvalue weighted by atomic mass is 10.1. The van der Waals surface area contributed by atoms with Crippen molar-refractivity contribution >= 4 is 11.6 Å². The Balaban J connectivity index is 1.92. The Kier molecular flexibility index (Phi) is 4.77. The van der Waals surface area contributed by atoms with E-state index in [9.17, 15) is 4.79 Å². The number of benzene rings is 1. The minimum Gasteiger partial charge on any atom is -0.314 e. The first-order chi connectivity index (χ1) is 9.18. The Bertz CT molecular complexity index is 594. The molecule has 0 aliphatic carbocycles. The van der Waals surface area contributed by atoms with Gasteiger partial charge in [-0.25, -0.2) is 0 Å². The molecule has 1 unspecified atom stereocenters. The van der Waals surface area contributed by atoms with Gasteiger partial charge in [0.15, 0.2) is 0 Å². The lowest BCUT2D eigenvalue weighted by molar-refractivity contribution is 0.525. The van der Waals surface area contributed by atoms with E-state index >= 15 is 0 Å². The van der Waals surface area contributed by atoms with Crippen molar-refractivity contribution in [1.82, 2.24) is 9.88 Å². The highest BCUT2D eigenvalue weighted by Crippen LogP contribution is 2.21. The molecule has 1 atom stereocenters. The van der Waals surface area contributed by atoms with Crippen LogP contribution in [0.5, 0.6) is 0 Å². The molecule has 1 N–H and O–H groups in total. The van der Waals surface area contributed by atoms with Crippen LogP contribution in [-0.2, 0) is 6.54 Å². The van der Waals surface area contributed by atoms with Gasteiger partial charge in [-0.1, -0.05) is 35.9 Å². The van der Waals surface area contributed by atoms with E-state index in [0.717, 1.165) is 17.1 Å². The second-order valence-corrected chi connectivity index (χ2v) is 4.84. The third-order valence-corrected chi connectivity index (χ3v) is 3.42. The number of hydrogen-bond donors (Lipinski definition) is 1. The van der Waals surface area contributed by atoms with E-state index in [1.54, 1.807) is 22.9 Å². The second kappa shape index (κ2) is 6.55. The lowest BCUT2D eigenvalue weighted by Crippen LogP contribution is -2.27. The van der Waals surface area contributed by atoms with E-state index in [1.165, 1.54) is 0 Å². The molecule has 0 saturated carbocycles. The molecule has 0 bridgehead atoms. The summed E-state index contributed by atoms with van der Waals surface area (Å²) >= 11 is 6.15. The van der Waals surface area contributed by atoms with E-state index < -0.39 is 0 Å². The molecule has 3 nitrogen and oxygen atoms in total. The molecule has 2 rings (SSSR count). The van der Waals surface area contributed by atoms with Crippen molar-refractivity contribution in [1.29, 1.82) is 0 Å². The Hall–Kier alpha value is -1.58. The van der Waals surface area contributed by atoms with Crippen LogP contribution in [-0.4, -0.2) is 11.1 Å². The topological polar surface area (TPSA) is 34.0 Å². The van der Waals surface area contributed by atoms with Crippen LogP contribution in [0.3, 0.4) is 0 Å². The SMILES string of the molecule is CC(NCCn1ccccc1=O)c1ccccc1Cl. The van der Waals surface area contributed by atoms with Gasteiger partial charge in [-0.2, -0.15) is 0 Å². The smallest absolute Gasteiger partial charge is 0.250 e. The average molecular weight is 277 g/mol. The molecule has 4 heteroatoms. The molecule has 0 saturated heterocycles. The molecule has 0 amide bonds. The third-order valence-electron chi connectivity index (χ3n) is 3.07. The van der Waals surface area contributed by atoms with Gasteiger partial charge in [0.2, 0.25) is 0 Å². The van der Waals surface area contributed by atoms with E-state index in [2.05, 4.69) is 12.2 Å². The molecule has 1 aromatic heterocycles. The molecule has 0 aliphatic rings. The predicted octanol–water partition coefficient (Wildman–Crippen LogP) is 2.85. The maximum absolute atomic E-state index is 11.5. The van der Waals surface area contributed by atoms with Gasteiger partial charge in [0.1, 0.15) is 0 Å². The first-order valence-electron chi connectivity index (χ1n) is 6.32. The quantitative estimate of drug-likeness (QED) is 0.911. The van der Waals surface area contributed by atoms with Crippen molar-refractivity contribution in [2.75, 3.05) is 6.54 Å². The summed E-state index contributed by atoms with van der Waals surface area (Å²) in [7, 11) is 0. The highest BCUT2D eigenvalue weighted by molar-refractivity contribution is 6.31. The number of nitrogens with one attached hydrogen (secondary N) is 1.